The molecule has 1 N–H and O–H groups in total. The van der Waals surface area contributed by atoms with Crippen LogP contribution in [0.3, 0.4) is 0 Å². The quantitative estimate of drug-likeness (QED) is 0.668. The number of carbonyl (C=O) groups is 1. The number of alkyl halides is 1. The van der Waals surface area contributed by atoms with Crippen molar-refractivity contribution in [1.82, 2.24) is 0 Å². The molecule has 0 bridgehead atoms. The number of hydrogen-bond donors (Lipinski definition) is 1. The number of carbonyl (C=O) groups excluding carboxylic acids is 1. The van der Waals surface area contributed by atoms with Crippen molar-refractivity contribution < 1.29 is 19.4 Å². The van der Waals surface area contributed by atoms with Gasteiger partial charge in [-0.25, -0.2) is 0 Å². The minimum atomic E-state index is -0.944. The molecule has 0 unspecified atom stereocenters. The van der Waals surface area contributed by atoms with Crippen molar-refractivity contribution in [3.05, 3.63) is 29.8 Å². The summed E-state index contributed by atoms with van der Waals surface area (Å²) in [4.78, 5) is 10.7. The predicted octanol–water partition coefficient (Wildman–Crippen LogP) is 2.06. The molecule has 0 radical (unpaired) electrons. The minimum Gasteiger partial charge on any atom is -0.497 e. The molecule has 0 spiro atoms. The van der Waals surface area contributed by atoms with Gasteiger partial charge < -0.3 is 14.6 Å². The van der Waals surface area contributed by atoms with Crippen molar-refractivity contribution in [2.24, 2.45) is 0 Å². The van der Waals surface area contributed by atoms with E-state index in [0.717, 1.165) is 0 Å². The maximum Gasteiger partial charge on any atom is 0.322 e. The second kappa shape index (κ2) is 6.61. The van der Waals surface area contributed by atoms with E-state index in [1.165, 1.54) is 0 Å². The predicted molar refractivity (Wildman–Crippen MR) is 67.3 cm³/mol. The molecule has 0 aliphatic heterocycles. The van der Waals surface area contributed by atoms with Crippen molar-refractivity contribution >= 4 is 21.9 Å². The molecule has 0 aliphatic rings. The van der Waals surface area contributed by atoms with Gasteiger partial charge in [-0.2, -0.15) is 0 Å². The number of aliphatic hydroxyl groups excluding tert-OH is 1. The third-order valence-corrected chi connectivity index (χ3v) is 3.12. The van der Waals surface area contributed by atoms with Crippen LogP contribution in [0.2, 0.25) is 0 Å². The molecular formula is C12H15BrO4. The molecule has 1 rings (SSSR count). The van der Waals surface area contributed by atoms with Crippen molar-refractivity contribution in [3.8, 4) is 5.75 Å². The van der Waals surface area contributed by atoms with Gasteiger partial charge in [0.2, 0.25) is 0 Å². The van der Waals surface area contributed by atoms with E-state index >= 15 is 0 Å². The van der Waals surface area contributed by atoms with Gasteiger partial charge in [0.05, 0.1) is 13.7 Å². The van der Waals surface area contributed by atoms with Crippen molar-refractivity contribution in [3.63, 3.8) is 0 Å². The number of esters is 1. The average Bonchev–Trinajstić information content (AvgIpc) is 2.37. The molecule has 1 aromatic rings. The summed E-state index contributed by atoms with van der Waals surface area (Å²) in [5, 5.41) is 9.96. The van der Waals surface area contributed by atoms with Gasteiger partial charge in [-0.1, -0.05) is 28.1 Å². The molecule has 0 aliphatic carbocycles. The largest absolute Gasteiger partial charge is 0.497 e. The van der Waals surface area contributed by atoms with E-state index in [1.807, 2.05) is 0 Å². The van der Waals surface area contributed by atoms with E-state index in [-0.39, 0.29) is 6.61 Å². The van der Waals surface area contributed by atoms with Crippen LogP contribution in [-0.2, 0) is 9.53 Å². The number of benzene rings is 1. The van der Waals surface area contributed by atoms with E-state index in [1.54, 1.807) is 38.3 Å². The van der Waals surface area contributed by atoms with Gasteiger partial charge in [-0.3, -0.25) is 4.79 Å². The highest BCUT2D eigenvalue weighted by Gasteiger charge is 2.26. The zero-order valence-electron chi connectivity index (χ0n) is 9.72. The van der Waals surface area contributed by atoms with Crippen LogP contribution in [0.4, 0.5) is 0 Å². The lowest BCUT2D eigenvalue weighted by Gasteiger charge is -2.16. The fourth-order valence-corrected chi connectivity index (χ4v) is 1.76. The van der Waals surface area contributed by atoms with Crippen LogP contribution < -0.4 is 4.74 Å². The number of halogens is 1. The first-order valence-corrected chi connectivity index (χ1v) is 6.14. The Morgan fingerprint density at radius 2 is 2.00 bits per heavy atom. The summed E-state index contributed by atoms with van der Waals surface area (Å²) in [6, 6.07) is 6.86. The number of methoxy groups -OCH3 is 1. The lowest BCUT2D eigenvalue weighted by Crippen LogP contribution is -2.24. The third-order valence-electron chi connectivity index (χ3n) is 2.25. The van der Waals surface area contributed by atoms with Crippen molar-refractivity contribution in [2.45, 2.75) is 17.9 Å². The summed E-state index contributed by atoms with van der Waals surface area (Å²) in [5.41, 5.74) is 0.626. The lowest BCUT2D eigenvalue weighted by molar-refractivity contribution is -0.144. The fourth-order valence-electron chi connectivity index (χ4n) is 1.32. The number of aliphatic hydroxyl groups is 1. The summed E-state index contributed by atoms with van der Waals surface area (Å²) in [5.74, 6) is 0.221. The Bertz CT molecular complexity index is 363. The van der Waals surface area contributed by atoms with Gasteiger partial charge in [0, 0.05) is 0 Å². The molecule has 94 valence electrons. The zero-order valence-corrected chi connectivity index (χ0v) is 11.3. The summed E-state index contributed by atoms with van der Waals surface area (Å²) < 4.78 is 9.83. The highest BCUT2D eigenvalue weighted by Crippen LogP contribution is 2.25. The molecule has 1 aromatic carbocycles. The third kappa shape index (κ3) is 3.71. The van der Waals surface area contributed by atoms with Crippen molar-refractivity contribution in [1.29, 1.82) is 0 Å². The molecule has 0 saturated carbocycles. The molecule has 0 aromatic heterocycles. The normalized spacial score (nSPS) is 13.9. The maximum atomic E-state index is 11.4. The lowest BCUT2D eigenvalue weighted by atomic mass is 10.1. The number of ether oxygens (including phenoxy) is 2. The molecule has 0 fully saturated rings. The van der Waals surface area contributed by atoms with E-state index in [9.17, 15) is 9.90 Å². The molecule has 5 heteroatoms. The Balaban J connectivity index is 2.73. The van der Waals surface area contributed by atoms with Gasteiger partial charge in [0.15, 0.2) is 0 Å². The SMILES string of the molecule is CCOC(=O)[C@H](Br)[C@H](O)c1ccc(OC)cc1. The maximum absolute atomic E-state index is 11.4. The van der Waals surface area contributed by atoms with Gasteiger partial charge in [0.25, 0.3) is 0 Å². The van der Waals surface area contributed by atoms with Gasteiger partial charge in [-0.15, -0.1) is 0 Å². The number of rotatable bonds is 5. The van der Waals surface area contributed by atoms with E-state index < -0.39 is 16.9 Å². The van der Waals surface area contributed by atoms with Crippen LogP contribution in [0.5, 0.6) is 5.75 Å². The molecule has 4 nitrogen and oxygen atoms in total. The van der Waals surface area contributed by atoms with E-state index in [4.69, 9.17) is 9.47 Å². The van der Waals surface area contributed by atoms with Crippen LogP contribution in [-0.4, -0.2) is 29.6 Å². The molecule has 17 heavy (non-hydrogen) atoms. The molecule has 0 amide bonds. The smallest absolute Gasteiger partial charge is 0.322 e. The molecule has 0 heterocycles. The van der Waals surface area contributed by atoms with E-state index in [2.05, 4.69) is 15.9 Å². The van der Waals surface area contributed by atoms with Crippen LogP contribution in [0.1, 0.15) is 18.6 Å². The van der Waals surface area contributed by atoms with Crippen molar-refractivity contribution in [2.75, 3.05) is 13.7 Å². The van der Waals surface area contributed by atoms with Gasteiger partial charge in [-0.05, 0) is 24.6 Å². The Morgan fingerprint density at radius 3 is 2.47 bits per heavy atom. The first-order valence-electron chi connectivity index (χ1n) is 5.22. The topological polar surface area (TPSA) is 55.8 Å². The minimum absolute atomic E-state index is 0.288. The fraction of sp³-hybridized carbons (Fsp3) is 0.417. The second-order valence-electron chi connectivity index (χ2n) is 3.37. The number of hydrogen-bond acceptors (Lipinski definition) is 4. The zero-order chi connectivity index (χ0) is 12.8. The summed E-state index contributed by atoms with van der Waals surface area (Å²) in [6.45, 7) is 2.01. The summed E-state index contributed by atoms with van der Waals surface area (Å²) in [7, 11) is 1.57. The van der Waals surface area contributed by atoms with E-state index in [0.29, 0.717) is 11.3 Å². The van der Waals surface area contributed by atoms with Gasteiger partial charge in [0.1, 0.15) is 16.7 Å². The molecule has 2 atom stereocenters. The second-order valence-corrected chi connectivity index (χ2v) is 4.36. The van der Waals surface area contributed by atoms with Crippen LogP contribution in [0.15, 0.2) is 24.3 Å². The molecular weight excluding hydrogens is 288 g/mol. The molecule has 0 saturated heterocycles. The highest BCUT2D eigenvalue weighted by molar-refractivity contribution is 9.10. The average molecular weight is 303 g/mol. The van der Waals surface area contributed by atoms with Crippen LogP contribution >= 0.6 is 15.9 Å². The Morgan fingerprint density at radius 1 is 1.41 bits per heavy atom. The summed E-state index contributed by atoms with van der Waals surface area (Å²) >= 11 is 3.13. The Hall–Kier alpha value is -1.07. The first kappa shape index (κ1) is 14.0. The standard InChI is InChI=1S/C12H15BrO4/c1-3-17-12(15)10(13)11(14)8-4-6-9(16-2)7-5-8/h4-7,10-11,14H,3H2,1-2H3/t10-,11-/m1/s1. The van der Waals surface area contributed by atoms with Gasteiger partial charge >= 0.3 is 5.97 Å². The monoisotopic (exact) mass is 302 g/mol. The van der Waals surface area contributed by atoms with Crippen LogP contribution in [0.25, 0.3) is 0 Å². The first-order chi connectivity index (χ1) is 8.10. The highest BCUT2D eigenvalue weighted by atomic mass is 79.9. The van der Waals surface area contributed by atoms with Crippen LogP contribution in [0, 0.1) is 0 Å². The Kier molecular flexibility index (Phi) is 5.44. The Labute approximate surface area is 109 Å². The summed E-state index contributed by atoms with van der Waals surface area (Å²) in [6.07, 6.45) is -0.944.